The molecule has 114 valence electrons. The SMILES string of the molecule is C[C@@H](CCS(=O)(=O)O)NC1CCC(C(C)(C)C)CC1. The molecule has 1 saturated carbocycles. The largest absolute Gasteiger partial charge is 0.311 e. The van der Waals surface area contributed by atoms with Crippen LogP contribution in [-0.4, -0.2) is 30.8 Å². The third kappa shape index (κ3) is 6.72. The van der Waals surface area contributed by atoms with Crippen molar-refractivity contribution in [2.75, 3.05) is 5.75 Å². The fourth-order valence-corrected chi connectivity index (χ4v) is 3.59. The maximum absolute atomic E-state index is 10.7. The summed E-state index contributed by atoms with van der Waals surface area (Å²) in [5.74, 6) is 0.636. The first-order chi connectivity index (χ1) is 8.58. The number of nitrogens with one attached hydrogen (secondary N) is 1. The second-order valence-corrected chi connectivity index (χ2v) is 8.63. The lowest BCUT2D eigenvalue weighted by Gasteiger charge is -2.38. The summed E-state index contributed by atoms with van der Waals surface area (Å²) in [6.07, 6.45) is 5.28. The average molecular weight is 291 g/mol. The standard InChI is InChI=1S/C14H29NO3S/c1-11(9-10-19(16,17)18)15-13-7-5-12(6-8-13)14(2,3)4/h11-13,15H,5-10H2,1-4H3,(H,16,17,18)/t11-,12?,13?/m0/s1. The lowest BCUT2D eigenvalue weighted by atomic mass is 9.71. The summed E-state index contributed by atoms with van der Waals surface area (Å²) in [5.41, 5.74) is 0.390. The zero-order chi connectivity index (χ0) is 14.7. The zero-order valence-electron chi connectivity index (χ0n) is 12.6. The quantitative estimate of drug-likeness (QED) is 0.764. The molecule has 4 nitrogen and oxygen atoms in total. The fourth-order valence-electron chi connectivity index (χ4n) is 2.94. The van der Waals surface area contributed by atoms with Gasteiger partial charge in [-0.05, 0) is 50.4 Å². The van der Waals surface area contributed by atoms with Gasteiger partial charge in [-0.25, -0.2) is 0 Å². The molecule has 0 aliphatic heterocycles. The number of hydrogen-bond donors (Lipinski definition) is 2. The van der Waals surface area contributed by atoms with E-state index in [0.717, 1.165) is 18.8 Å². The highest BCUT2D eigenvalue weighted by Crippen LogP contribution is 2.37. The van der Waals surface area contributed by atoms with Gasteiger partial charge in [-0.3, -0.25) is 4.55 Å². The minimum absolute atomic E-state index is 0.137. The van der Waals surface area contributed by atoms with Gasteiger partial charge in [-0.15, -0.1) is 0 Å². The molecule has 19 heavy (non-hydrogen) atoms. The van der Waals surface area contributed by atoms with Crippen LogP contribution in [0.1, 0.15) is 59.8 Å². The first-order valence-corrected chi connectivity index (χ1v) is 8.90. The number of rotatable bonds is 5. The Balaban J connectivity index is 2.29. The molecule has 0 aromatic carbocycles. The Labute approximate surface area is 118 Å². The second kappa shape index (κ2) is 6.55. The van der Waals surface area contributed by atoms with Crippen LogP contribution in [0.25, 0.3) is 0 Å². The summed E-state index contributed by atoms with van der Waals surface area (Å²) >= 11 is 0. The molecule has 0 unspecified atom stereocenters. The van der Waals surface area contributed by atoms with Crippen molar-refractivity contribution >= 4 is 10.1 Å². The van der Waals surface area contributed by atoms with Crippen molar-refractivity contribution in [1.82, 2.24) is 5.32 Å². The van der Waals surface area contributed by atoms with E-state index < -0.39 is 10.1 Å². The van der Waals surface area contributed by atoms with Crippen LogP contribution in [0.4, 0.5) is 0 Å². The molecule has 0 amide bonds. The summed E-state index contributed by atoms with van der Waals surface area (Å²) < 4.78 is 30.2. The van der Waals surface area contributed by atoms with Gasteiger partial charge in [0.25, 0.3) is 10.1 Å². The summed E-state index contributed by atoms with van der Waals surface area (Å²) in [4.78, 5) is 0. The van der Waals surface area contributed by atoms with Crippen molar-refractivity contribution in [3.8, 4) is 0 Å². The Bertz CT molecular complexity index is 365. The third-order valence-corrected chi connectivity index (χ3v) is 5.03. The molecule has 5 heteroatoms. The van der Waals surface area contributed by atoms with Gasteiger partial charge >= 0.3 is 0 Å². The van der Waals surface area contributed by atoms with Crippen LogP contribution in [0.3, 0.4) is 0 Å². The van der Waals surface area contributed by atoms with Crippen molar-refractivity contribution in [1.29, 1.82) is 0 Å². The summed E-state index contributed by atoms with van der Waals surface area (Å²) in [6.45, 7) is 8.90. The maximum Gasteiger partial charge on any atom is 0.264 e. The van der Waals surface area contributed by atoms with Crippen molar-refractivity contribution in [2.45, 2.75) is 71.9 Å². The van der Waals surface area contributed by atoms with E-state index in [1.165, 1.54) is 12.8 Å². The molecule has 1 aliphatic carbocycles. The van der Waals surface area contributed by atoms with Crippen LogP contribution >= 0.6 is 0 Å². The van der Waals surface area contributed by atoms with Gasteiger partial charge in [0.15, 0.2) is 0 Å². The van der Waals surface area contributed by atoms with E-state index in [2.05, 4.69) is 26.1 Å². The average Bonchev–Trinajstić information content (AvgIpc) is 2.25. The minimum Gasteiger partial charge on any atom is -0.311 e. The van der Waals surface area contributed by atoms with Gasteiger partial charge in [0, 0.05) is 12.1 Å². The molecule has 1 fully saturated rings. The Hall–Kier alpha value is -0.130. The van der Waals surface area contributed by atoms with Crippen molar-refractivity contribution < 1.29 is 13.0 Å². The maximum atomic E-state index is 10.7. The van der Waals surface area contributed by atoms with E-state index in [1.807, 2.05) is 6.92 Å². The van der Waals surface area contributed by atoms with E-state index in [1.54, 1.807) is 0 Å². The third-order valence-electron chi connectivity index (χ3n) is 4.28. The highest BCUT2D eigenvalue weighted by Gasteiger charge is 2.29. The highest BCUT2D eigenvalue weighted by atomic mass is 32.2. The van der Waals surface area contributed by atoms with Crippen LogP contribution in [0.2, 0.25) is 0 Å². The van der Waals surface area contributed by atoms with Crippen LogP contribution in [-0.2, 0) is 10.1 Å². The Morgan fingerprint density at radius 3 is 2.16 bits per heavy atom. The topological polar surface area (TPSA) is 66.4 Å². The van der Waals surface area contributed by atoms with Gasteiger partial charge in [0.05, 0.1) is 5.75 Å². The molecule has 1 aliphatic rings. The Kier molecular flexibility index (Phi) is 5.83. The fraction of sp³-hybridized carbons (Fsp3) is 1.00. The van der Waals surface area contributed by atoms with Crippen molar-refractivity contribution in [3.63, 3.8) is 0 Å². The van der Waals surface area contributed by atoms with Gasteiger partial charge in [-0.1, -0.05) is 20.8 Å². The molecule has 0 spiro atoms. The second-order valence-electron chi connectivity index (χ2n) is 7.06. The van der Waals surface area contributed by atoms with Gasteiger partial charge < -0.3 is 5.32 Å². The first-order valence-electron chi connectivity index (χ1n) is 7.29. The molecular weight excluding hydrogens is 262 g/mol. The van der Waals surface area contributed by atoms with E-state index >= 15 is 0 Å². The molecule has 1 rings (SSSR count). The summed E-state index contributed by atoms with van der Waals surface area (Å²) in [7, 11) is -3.83. The Morgan fingerprint density at radius 2 is 1.74 bits per heavy atom. The lowest BCUT2D eigenvalue weighted by Crippen LogP contribution is -2.41. The predicted molar refractivity (Wildman–Crippen MR) is 78.8 cm³/mol. The molecule has 0 aromatic heterocycles. The predicted octanol–water partition coefficient (Wildman–Crippen LogP) is 2.85. The highest BCUT2D eigenvalue weighted by molar-refractivity contribution is 7.85. The molecule has 0 aromatic rings. The molecule has 0 bridgehead atoms. The van der Waals surface area contributed by atoms with Crippen LogP contribution in [0, 0.1) is 11.3 Å². The molecule has 0 radical (unpaired) electrons. The molecule has 0 saturated heterocycles. The van der Waals surface area contributed by atoms with Crippen LogP contribution in [0.15, 0.2) is 0 Å². The van der Waals surface area contributed by atoms with E-state index in [-0.39, 0.29) is 11.8 Å². The van der Waals surface area contributed by atoms with E-state index in [9.17, 15) is 8.42 Å². The summed E-state index contributed by atoms with van der Waals surface area (Å²) in [5, 5.41) is 3.49. The minimum atomic E-state index is -3.83. The lowest BCUT2D eigenvalue weighted by molar-refractivity contribution is 0.156. The smallest absolute Gasteiger partial charge is 0.264 e. The van der Waals surface area contributed by atoms with E-state index in [4.69, 9.17) is 4.55 Å². The normalized spacial score (nSPS) is 27.2. The van der Waals surface area contributed by atoms with Crippen molar-refractivity contribution in [3.05, 3.63) is 0 Å². The molecule has 0 heterocycles. The van der Waals surface area contributed by atoms with Crippen LogP contribution < -0.4 is 5.32 Å². The monoisotopic (exact) mass is 291 g/mol. The number of hydrogen-bond acceptors (Lipinski definition) is 3. The molecule has 2 N–H and O–H groups in total. The summed E-state index contributed by atoms with van der Waals surface area (Å²) in [6, 6.07) is 0.633. The molecule has 1 atom stereocenters. The zero-order valence-corrected chi connectivity index (χ0v) is 13.5. The van der Waals surface area contributed by atoms with Gasteiger partial charge in [0.1, 0.15) is 0 Å². The van der Waals surface area contributed by atoms with Crippen molar-refractivity contribution in [2.24, 2.45) is 11.3 Å². The van der Waals surface area contributed by atoms with E-state index in [0.29, 0.717) is 17.9 Å². The van der Waals surface area contributed by atoms with Gasteiger partial charge in [0.2, 0.25) is 0 Å². The van der Waals surface area contributed by atoms with Gasteiger partial charge in [-0.2, -0.15) is 8.42 Å². The first kappa shape index (κ1) is 16.9. The van der Waals surface area contributed by atoms with Crippen LogP contribution in [0.5, 0.6) is 0 Å². The molecular formula is C14H29NO3S. The Morgan fingerprint density at radius 1 is 1.21 bits per heavy atom.